The van der Waals surface area contributed by atoms with Gasteiger partial charge in [-0.15, -0.1) is 0 Å². The van der Waals surface area contributed by atoms with Crippen LogP contribution >= 0.6 is 0 Å². The van der Waals surface area contributed by atoms with Crippen molar-refractivity contribution in [2.45, 2.75) is 16.7 Å². The lowest BCUT2D eigenvalue weighted by molar-refractivity contribution is 0.447. The molecule has 0 amide bonds. The van der Waals surface area contributed by atoms with E-state index in [-0.39, 0.29) is 5.48 Å². The van der Waals surface area contributed by atoms with E-state index in [0.717, 1.165) is 28.8 Å². The zero-order valence-corrected chi connectivity index (χ0v) is 12.3. The third-order valence-electron chi connectivity index (χ3n) is 3.44. The highest BCUT2D eigenvalue weighted by molar-refractivity contribution is 7.85. The van der Waals surface area contributed by atoms with Crippen LogP contribution in [-0.4, -0.2) is 22.8 Å². The van der Waals surface area contributed by atoms with Crippen LogP contribution in [-0.2, 0) is 10.8 Å². The lowest BCUT2D eigenvalue weighted by Gasteiger charge is -2.39. The molecule has 4 heteroatoms. The molecule has 1 fully saturated rings. The Bertz CT molecular complexity index is 577. The summed E-state index contributed by atoms with van der Waals surface area (Å²) in [7, 11) is -1.08. The van der Waals surface area contributed by atoms with Crippen molar-refractivity contribution in [2.24, 2.45) is 5.92 Å². The highest BCUT2D eigenvalue weighted by atomic mass is 32.2. The summed E-state index contributed by atoms with van der Waals surface area (Å²) >= 11 is 0. The zero-order chi connectivity index (χ0) is 13.2. The maximum Gasteiger partial charge on any atom is 0.0849 e. The van der Waals surface area contributed by atoms with Crippen molar-refractivity contribution >= 4 is 16.5 Å². The molecule has 106 valence electrons. The van der Waals surface area contributed by atoms with Gasteiger partial charge in [0.1, 0.15) is 0 Å². The van der Waals surface area contributed by atoms with E-state index in [9.17, 15) is 4.21 Å². The first-order valence-corrected chi connectivity index (χ1v) is 7.71. The highest BCUT2D eigenvalue weighted by Crippen LogP contribution is 2.26. The summed E-state index contributed by atoms with van der Waals surface area (Å²) in [6.45, 7) is 4.51. The van der Waals surface area contributed by atoms with Crippen LogP contribution in [0.3, 0.4) is 0 Å². The van der Waals surface area contributed by atoms with Gasteiger partial charge in [-0.2, -0.15) is 0 Å². The fourth-order valence-corrected chi connectivity index (χ4v) is 3.43. The molecule has 20 heavy (non-hydrogen) atoms. The summed E-state index contributed by atoms with van der Waals surface area (Å²) in [5.41, 5.74) is 1.23. The van der Waals surface area contributed by atoms with E-state index < -0.39 is 10.8 Å². The van der Waals surface area contributed by atoms with E-state index in [1.807, 2.05) is 42.5 Å². The summed E-state index contributed by atoms with van der Waals surface area (Å²) in [4.78, 5) is 4.07. The molecule has 0 saturated carbocycles. The van der Waals surface area contributed by atoms with Crippen LogP contribution in [0.15, 0.2) is 64.4 Å². The predicted octanol–water partition coefficient (Wildman–Crippen LogP) is 2.48. The predicted molar refractivity (Wildman–Crippen MR) is 82.5 cm³/mol. The van der Waals surface area contributed by atoms with Crippen molar-refractivity contribution in [3.05, 3.63) is 54.6 Å². The summed E-state index contributed by atoms with van der Waals surface area (Å²) in [6.07, 6.45) is 0. The second-order valence-electron chi connectivity index (χ2n) is 5.09. The third kappa shape index (κ3) is 2.92. The largest absolute Gasteiger partial charge is 0.412 e. The number of rotatable bonds is 3. The van der Waals surface area contributed by atoms with Gasteiger partial charge in [0.15, 0.2) is 0 Å². The third-order valence-corrected chi connectivity index (χ3v) is 4.84. The summed E-state index contributed by atoms with van der Waals surface area (Å²) < 4.78 is 12.4. The topological polar surface area (TPSA) is 51.8 Å². The Morgan fingerprint density at radius 3 is 2.05 bits per heavy atom. The second-order valence-corrected chi connectivity index (χ2v) is 6.57. The van der Waals surface area contributed by atoms with Crippen LogP contribution in [0, 0.1) is 5.92 Å². The first kappa shape index (κ1) is 14.8. The normalized spacial score (nSPS) is 16.1. The van der Waals surface area contributed by atoms with Gasteiger partial charge in [-0.3, -0.25) is 0 Å². The van der Waals surface area contributed by atoms with Crippen molar-refractivity contribution in [1.29, 1.82) is 0 Å². The van der Waals surface area contributed by atoms with E-state index >= 15 is 0 Å². The average Bonchev–Trinajstić information content (AvgIpc) is 2.44. The molecule has 1 atom stereocenters. The van der Waals surface area contributed by atoms with E-state index in [4.69, 9.17) is 0 Å². The van der Waals surface area contributed by atoms with Crippen molar-refractivity contribution in [3.63, 3.8) is 0 Å². The molecule has 2 aromatic carbocycles. The first-order valence-electron chi connectivity index (χ1n) is 6.56. The molecule has 3 nitrogen and oxygen atoms in total. The molecule has 3 rings (SSSR count). The smallest absolute Gasteiger partial charge is 0.0849 e. The number of anilines is 1. The minimum atomic E-state index is -1.08. The van der Waals surface area contributed by atoms with Gasteiger partial charge in [0.05, 0.1) is 10.8 Å². The molecule has 2 aromatic rings. The van der Waals surface area contributed by atoms with Gasteiger partial charge in [-0.05, 0) is 42.3 Å². The molecule has 1 heterocycles. The van der Waals surface area contributed by atoms with Crippen molar-refractivity contribution in [1.82, 2.24) is 0 Å². The lowest BCUT2D eigenvalue weighted by atomic mass is 10.0. The van der Waals surface area contributed by atoms with E-state index in [0.29, 0.717) is 0 Å². The van der Waals surface area contributed by atoms with Crippen molar-refractivity contribution < 1.29 is 9.69 Å². The van der Waals surface area contributed by atoms with Gasteiger partial charge >= 0.3 is 0 Å². The van der Waals surface area contributed by atoms with Crippen LogP contribution in [0.2, 0.25) is 0 Å². The van der Waals surface area contributed by atoms with Gasteiger partial charge in [-0.25, -0.2) is 4.21 Å². The first-order chi connectivity index (χ1) is 9.24. The Morgan fingerprint density at radius 2 is 1.50 bits per heavy atom. The number of nitrogens with zero attached hydrogens (tertiary/aromatic N) is 1. The second kappa shape index (κ2) is 6.20. The standard InChI is InChI=1S/C16H17NOS.H2O/c1-13-11-17(12-13)14-7-9-16(10-8-14)19(18)15-5-3-2-4-6-15;/h2-10,13H,11-12H2,1H3;1H2. The minimum Gasteiger partial charge on any atom is -0.412 e. The Labute approximate surface area is 122 Å². The fraction of sp³-hybridized carbons (Fsp3) is 0.250. The monoisotopic (exact) mass is 289 g/mol. The SMILES string of the molecule is CC1CN(c2ccc(S(=O)c3ccccc3)cc2)C1.O. The molecule has 0 aromatic heterocycles. The Balaban J connectivity index is 0.00000147. The molecule has 0 radical (unpaired) electrons. The van der Waals surface area contributed by atoms with Crippen LogP contribution in [0.1, 0.15) is 6.92 Å². The van der Waals surface area contributed by atoms with Crippen LogP contribution in [0.5, 0.6) is 0 Å². The van der Waals surface area contributed by atoms with Gasteiger partial charge in [0.2, 0.25) is 0 Å². The quantitative estimate of drug-likeness (QED) is 0.871. The Kier molecular flexibility index (Phi) is 4.57. The fourth-order valence-electron chi connectivity index (χ4n) is 2.37. The summed E-state index contributed by atoms with van der Waals surface area (Å²) in [5, 5.41) is 0. The molecule has 0 spiro atoms. The van der Waals surface area contributed by atoms with Gasteiger partial charge in [-0.1, -0.05) is 25.1 Å². The summed E-state index contributed by atoms with van der Waals surface area (Å²) in [6, 6.07) is 17.7. The molecule has 0 bridgehead atoms. The van der Waals surface area contributed by atoms with Gasteiger partial charge in [0.25, 0.3) is 0 Å². The van der Waals surface area contributed by atoms with E-state index in [1.54, 1.807) is 0 Å². The molecule has 1 unspecified atom stereocenters. The van der Waals surface area contributed by atoms with Crippen LogP contribution < -0.4 is 4.90 Å². The maximum atomic E-state index is 12.4. The van der Waals surface area contributed by atoms with Crippen LogP contribution in [0.25, 0.3) is 0 Å². The number of hydrogen-bond acceptors (Lipinski definition) is 2. The zero-order valence-electron chi connectivity index (χ0n) is 11.5. The van der Waals surface area contributed by atoms with E-state index in [1.165, 1.54) is 5.69 Å². The summed E-state index contributed by atoms with van der Waals surface area (Å²) in [5.74, 6) is 0.790. The lowest BCUT2D eigenvalue weighted by Crippen LogP contribution is -2.45. The molecule has 1 saturated heterocycles. The molecule has 1 aliphatic rings. The van der Waals surface area contributed by atoms with Crippen LogP contribution in [0.4, 0.5) is 5.69 Å². The molecular formula is C16H19NO2S. The van der Waals surface area contributed by atoms with Gasteiger partial charge < -0.3 is 10.4 Å². The average molecular weight is 289 g/mol. The Hall–Kier alpha value is -1.65. The Morgan fingerprint density at radius 1 is 0.950 bits per heavy atom. The van der Waals surface area contributed by atoms with Crippen molar-refractivity contribution in [3.8, 4) is 0 Å². The molecule has 0 aliphatic carbocycles. The minimum absolute atomic E-state index is 0. The van der Waals surface area contributed by atoms with Gasteiger partial charge in [0, 0.05) is 28.6 Å². The molecule has 1 aliphatic heterocycles. The van der Waals surface area contributed by atoms with Crippen molar-refractivity contribution in [2.75, 3.05) is 18.0 Å². The van der Waals surface area contributed by atoms with E-state index in [2.05, 4.69) is 24.0 Å². The number of benzene rings is 2. The molecule has 2 N–H and O–H groups in total. The highest BCUT2D eigenvalue weighted by Gasteiger charge is 2.22. The maximum absolute atomic E-state index is 12.4. The number of hydrogen-bond donors (Lipinski definition) is 0. The molecular weight excluding hydrogens is 270 g/mol.